The normalized spacial score (nSPS) is 36.2. The molecule has 7 atom stereocenters. The maximum atomic E-state index is 12.7. The van der Waals surface area contributed by atoms with E-state index >= 15 is 0 Å². The Kier molecular flexibility index (Phi) is 4.15. The Morgan fingerprint density at radius 2 is 2.12 bits per heavy atom. The van der Waals surface area contributed by atoms with E-state index in [-0.39, 0.29) is 34.5 Å². The van der Waals surface area contributed by atoms with Gasteiger partial charge < -0.3 is 9.47 Å². The number of fused-ring (bicyclic) bond motifs is 1. The zero-order valence-electron chi connectivity index (χ0n) is 13.4. The molecule has 0 radical (unpaired) electrons. The topological polar surface area (TPSA) is 69.7 Å². The van der Waals surface area contributed by atoms with Crippen LogP contribution in [0.1, 0.15) is 23.7 Å². The van der Waals surface area contributed by atoms with Crippen LogP contribution >= 0.6 is 27.5 Å². The van der Waals surface area contributed by atoms with E-state index in [9.17, 15) is 14.4 Å². The second-order valence-corrected chi connectivity index (χ2v) is 8.41. The number of halogens is 2. The van der Waals surface area contributed by atoms with Crippen molar-refractivity contribution in [3.8, 4) is 0 Å². The van der Waals surface area contributed by atoms with Crippen LogP contribution in [0.5, 0.6) is 0 Å². The lowest BCUT2D eigenvalue weighted by atomic mass is 9.80. The van der Waals surface area contributed by atoms with Crippen LogP contribution < -0.4 is 0 Å². The lowest BCUT2D eigenvalue weighted by molar-refractivity contribution is -0.157. The van der Waals surface area contributed by atoms with Crippen molar-refractivity contribution >= 4 is 45.3 Å². The minimum absolute atomic E-state index is 0.00687. The molecule has 1 heterocycles. The third kappa shape index (κ3) is 2.61. The molecular formula is C18H16BrClO5. The van der Waals surface area contributed by atoms with E-state index in [2.05, 4.69) is 15.9 Å². The third-order valence-electron chi connectivity index (χ3n) is 5.57. The number of benzene rings is 1. The Hall–Kier alpha value is -1.40. The van der Waals surface area contributed by atoms with Crippen LogP contribution in [-0.2, 0) is 19.1 Å². The predicted molar refractivity (Wildman–Crippen MR) is 92.5 cm³/mol. The number of ether oxygens (including phenoxy) is 2. The van der Waals surface area contributed by atoms with Crippen LogP contribution in [0, 0.1) is 23.7 Å². The van der Waals surface area contributed by atoms with Crippen molar-refractivity contribution in [2.24, 2.45) is 23.7 Å². The van der Waals surface area contributed by atoms with Crippen molar-refractivity contribution in [3.63, 3.8) is 0 Å². The molecule has 4 rings (SSSR count). The fourth-order valence-corrected chi connectivity index (χ4v) is 5.71. The summed E-state index contributed by atoms with van der Waals surface area (Å²) < 4.78 is 10.8. The zero-order chi connectivity index (χ0) is 17.9. The van der Waals surface area contributed by atoms with Crippen molar-refractivity contribution < 1.29 is 23.9 Å². The number of Topliss-reactive ketones (excluding diaryl/α,β-unsaturated/α-hetero) is 1. The van der Waals surface area contributed by atoms with Crippen LogP contribution in [0.2, 0.25) is 5.02 Å². The van der Waals surface area contributed by atoms with Crippen LogP contribution in [0.15, 0.2) is 24.3 Å². The summed E-state index contributed by atoms with van der Waals surface area (Å²) in [6, 6.07) is 6.51. The van der Waals surface area contributed by atoms with Gasteiger partial charge in [0, 0.05) is 16.5 Å². The first-order valence-corrected chi connectivity index (χ1v) is 9.52. The average Bonchev–Trinajstić information content (AvgIpc) is 3.18. The Bertz CT molecular complexity index is 766. The Labute approximate surface area is 158 Å². The monoisotopic (exact) mass is 426 g/mol. The van der Waals surface area contributed by atoms with Gasteiger partial charge in [0.2, 0.25) is 5.78 Å². The highest BCUT2D eigenvalue weighted by Gasteiger charge is 2.68. The maximum absolute atomic E-state index is 12.7. The Morgan fingerprint density at radius 1 is 1.36 bits per heavy atom. The van der Waals surface area contributed by atoms with E-state index < -0.39 is 23.9 Å². The first kappa shape index (κ1) is 17.0. The fourth-order valence-electron chi connectivity index (χ4n) is 4.48. The summed E-state index contributed by atoms with van der Waals surface area (Å²) in [5, 5.41) is 0.444. The van der Waals surface area contributed by atoms with Gasteiger partial charge in [-0.1, -0.05) is 39.7 Å². The maximum Gasteiger partial charge on any atom is 0.310 e. The van der Waals surface area contributed by atoms with Gasteiger partial charge in [-0.15, -0.1) is 0 Å². The molecule has 2 bridgehead atoms. The molecule has 0 amide bonds. The molecule has 0 N–H and O–H groups in total. The molecule has 7 heteroatoms. The van der Waals surface area contributed by atoms with Crippen molar-refractivity contribution in [2.45, 2.75) is 30.4 Å². The number of alkyl halides is 1. The van der Waals surface area contributed by atoms with E-state index in [0.717, 1.165) is 6.42 Å². The van der Waals surface area contributed by atoms with Crippen molar-refractivity contribution in [1.29, 1.82) is 0 Å². The molecule has 5 nitrogen and oxygen atoms in total. The summed E-state index contributed by atoms with van der Waals surface area (Å²) >= 11 is 9.46. The van der Waals surface area contributed by atoms with Gasteiger partial charge >= 0.3 is 11.9 Å². The second kappa shape index (κ2) is 6.09. The van der Waals surface area contributed by atoms with E-state index in [1.54, 1.807) is 24.3 Å². The second-order valence-electron chi connectivity index (χ2n) is 6.91. The molecule has 3 aliphatic rings. The molecule has 1 aromatic rings. The number of esters is 2. The van der Waals surface area contributed by atoms with Crippen LogP contribution in [0.4, 0.5) is 0 Å². The summed E-state index contributed by atoms with van der Waals surface area (Å²) in [6.45, 7) is 1.54. The summed E-state index contributed by atoms with van der Waals surface area (Å²) in [6.07, 6.45) is -0.308. The van der Waals surface area contributed by atoms with Gasteiger partial charge in [0.05, 0.1) is 16.7 Å². The number of carbonyl (C=O) groups excluding carboxylic acids is 3. The molecule has 132 valence electrons. The summed E-state index contributed by atoms with van der Waals surface area (Å²) in [5.74, 6) is -2.05. The molecule has 0 unspecified atom stereocenters. The number of hydrogen-bond acceptors (Lipinski definition) is 5. The highest BCUT2D eigenvalue weighted by molar-refractivity contribution is 9.09. The number of rotatable bonds is 4. The van der Waals surface area contributed by atoms with Gasteiger partial charge in [-0.2, -0.15) is 0 Å². The Balaban J connectivity index is 1.49. The molecule has 2 saturated carbocycles. The van der Waals surface area contributed by atoms with Crippen molar-refractivity contribution in [3.05, 3.63) is 34.9 Å². The highest BCUT2D eigenvalue weighted by Crippen LogP contribution is 2.60. The third-order valence-corrected chi connectivity index (χ3v) is 7.00. The van der Waals surface area contributed by atoms with Crippen LogP contribution in [0.3, 0.4) is 0 Å². The minimum Gasteiger partial charge on any atom is -0.461 e. The smallest absolute Gasteiger partial charge is 0.310 e. The fraction of sp³-hybridized carbons (Fsp3) is 0.500. The molecule has 0 spiro atoms. The molecule has 1 saturated heterocycles. The molecular weight excluding hydrogens is 412 g/mol. The molecule has 3 fully saturated rings. The van der Waals surface area contributed by atoms with E-state index in [4.69, 9.17) is 21.1 Å². The largest absolute Gasteiger partial charge is 0.461 e. The lowest BCUT2D eigenvalue weighted by Crippen LogP contribution is -2.40. The van der Waals surface area contributed by atoms with Gasteiger partial charge in [-0.05, 0) is 31.4 Å². The molecule has 25 heavy (non-hydrogen) atoms. The van der Waals surface area contributed by atoms with Gasteiger partial charge in [0.25, 0.3) is 0 Å². The van der Waals surface area contributed by atoms with Crippen LogP contribution in [-0.4, -0.2) is 34.8 Å². The van der Waals surface area contributed by atoms with Crippen molar-refractivity contribution in [2.75, 3.05) is 0 Å². The quantitative estimate of drug-likeness (QED) is 0.420. The summed E-state index contributed by atoms with van der Waals surface area (Å²) in [4.78, 5) is 37.2. The minimum atomic E-state index is -0.938. The van der Waals surface area contributed by atoms with Gasteiger partial charge in [-0.25, -0.2) is 0 Å². The molecule has 0 aromatic heterocycles. The first-order valence-electron chi connectivity index (χ1n) is 8.23. The lowest BCUT2D eigenvalue weighted by Gasteiger charge is -2.27. The van der Waals surface area contributed by atoms with E-state index in [0.29, 0.717) is 10.6 Å². The van der Waals surface area contributed by atoms with Crippen molar-refractivity contribution in [1.82, 2.24) is 0 Å². The summed E-state index contributed by atoms with van der Waals surface area (Å²) in [7, 11) is 0. The van der Waals surface area contributed by atoms with Crippen LogP contribution in [0.25, 0.3) is 0 Å². The average molecular weight is 428 g/mol. The first-order chi connectivity index (χ1) is 11.9. The molecule has 1 aromatic carbocycles. The van der Waals surface area contributed by atoms with Gasteiger partial charge in [0.15, 0.2) is 6.10 Å². The predicted octanol–water partition coefficient (Wildman–Crippen LogP) is 3.03. The highest BCUT2D eigenvalue weighted by atomic mass is 79.9. The Morgan fingerprint density at radius 3 is 2.84 bits per heavy atom. The summed E-state index contributed by atoms with van der Waals surface area (Å²) in [5.41, 5.74) is 0.388. The number of carbonyl (C=O) groups is 3. The standard InChI is InChI=1S/C18H16BrClO5/c1-7(15(21)8-3-2-4-9(20)5-8)24-17(22)12-10-6-11-13(12)18(23)25-16(11)14(10)19/h2-5,7,10-14,16H,6H2,1H3/t7-,10+,11+,12+,13-,14-,16-/m0/s1. The molecule has 1 aliphatic heterocycles. The van der Waals surface area contributed by atoms with E-state index in [1.807, 2.05) is 0 Å². The number of ketones is 1. The van der Waals surface area contributed by atoms with Gasteiger partial charge in [0.1, 0.15) is 6.10 Å². The zero-order valence-corrected chi connectivity index (χ0v) is 15.7. The molecule has 2 aliphatic carbocycles. The number of hydrogen-bond donors (Lipinski definition) is 0. The SMILES string of the molecule is C[C@H](OC(=O)[C@@H]1[C@H]2C[C@H]3[C@H](OC(=O)[C@@H]31)[C@H]2Br)C(=O)c1cccc(Cl)c1. The van der Waals surface area contributed by atoms with Gasteiger partial charge in [-0.3, -0.25) is 14.4 Å². The van der Waals surface area contributed by atoms with E-state index in [1.165, 1.54) is 6.92 Å².